The monoisotopic (exact) mass is 365 g/mol. The lowest BCUT2D eigenvalue weighted by atomic mass is 9.82. The number of benzene rings is 1. The Kier molecular flexibility index (Phi) is 6.76. The second kappa shape index (κ2) is 9.46. The van der Waals surface area contributed by atoms with E-state index in [0.29, 0.717) is 23.1 Å². The molecule has 1 aromatic heterocycles. The van der Waals surface area contributed by atoms with Crippen molar-refractivity contribution < 1.29 is 8.78 Å². The summed E-state index contributed by atoms with van der Waals surface area (Å²) in [4.78, 5) is 4.34. The Balaban J connectivity index is 1.57. The van der Waals surface area contributed by atoms with Gasteiger partial charge in [0.15, 0.2) is 11.6 Å². The largest absolute Gasteiger partial charge is 0.255 e. The third kappa shape index (κ3) is 5.50. The minimum absolute atomic E-state index is 0.451. The van der Waals surface area contributed by atoms with E-state index in [2.05, 4.69) is 35.9 Å². The van der Waals surface area contributed by atoms with E-state index in [0.717, 1.165) is 30.5 Å². The zero-order valence-electron chi connectivity index (χ0n) is 15.7. The molecular weight excluding hydrogens is 340 g/mol. The summed E-state index contributed by atoms with van der Waals surface area (Å²) in [6.45, 7) is 2.20. The zero-order valence-corrected chi connectivity index (χ0v) is 15.7. The third-order valence-corrected chi connectivity index (χ3v) is 5.03. The maximum Gasteiger partial charge on any atom is 0.159 e. The highest BCUT2D eigenvalue weighted by atomic mass is 19.2. The second-order valence-corrected chi connectivity index (χ2v) is 7.16. The van der Waals surface area contributed by atoms with Crippen molar-refractivity contribution in [3.05, 3.63) is 65.9 Å². The Hall–Kier alpha value is -2.47. The number of allylic oxidation sites excluding steroid dienone is 2. The first-order valence-electron chi connectivity index (χ1n) is 9.75. The van der Waals surface area contributed by atoms with Gasteiger partial charge in [-0.3, -0.25) is 4.98 Å². The molecule has 0 N–H and O–H groups in total. The van der Waals surface area contributed by atoms with Gasteiger partial charge in [0, 0.05) is 23.2 Å². The first-order valence-corrected chi connectivity index (χ1v) is 9.75. The van der Waals surface area contributed by atoms with Crippen molar-refractivity contribution in [2.24, 2.45) is 11.8 Å². The van der Waals surface area contributed by atoms with Gasteiger partial charge < -0.3 is 0 Å². The van der Waals surface area contributed by atoms with Crippen LogP contribution in [0.4, 0.5) is 8.78 Å². The SMILES string of the molecule is CCCC=C[C@H]1CC[C@H](C#Cc2ccc(-c3ccc(F)c(F)c3)nc2)CC1. The Morgan fingerprint density at radius 3 is 2.56 bits per heavy atom. The number of hydrogen-bond donors (Lipinski definition) is 0. The highest BCUT2D eigenvalue weighted by Gasteiger charge is 2.17. The van der Waals surface area contributed by atoms with Crippen LogP contribution in [0.15, 0.2) is 48.7 Å². The molecule has 0 spiro atoms. The minimum Gasteiger partial charge on any atom is -0.255 e. The Labute approximate surface area is 160 Å². The van der Waals surface area contributed by atoms with Crippen molar-refractivity contribution in [2.45, 2.75) is 45.4 Å². The van der Waals surface area contributed by atoms with Crippen molar-refractivity contribution in [1.82, 2.24) is 4.98 Å². The van der Waals surface area contributed by atoms with Crippen LogP contribution in [0.1, 0.15) is 51.0 Å². The second-order valence-electron chi connectivity index (χ2n) is 7.16. The van der Waals surface area contributed by atoms with Crippen LogP contribution in [-0.4, -0.2) is 4.98 Å². The third-order valence-electron chi connectivity index (χ3n) is 5.03. The fraction of sp³-hybridized carbons (Fsp3) is 0.375. The first kappa shape index (κ1) is 19.3. The maximum atomic E-state index is 13.4. The van der Waals surface area contributed by atoms with E-state index in [1.165, 1.54) is 31.7 Å². The van der Waals surface area contributed by atoms with Crippen LogP contribution in [0.25, 0.3) is 11.3 Å². The summed E-state index contributed by atoms with van der Waals surface area (Å²) in [6, 6.07) is 7.49. The molecule has 3 heteroatoms. The number of unbranched alkanes of at least 4 members (excludes halogenated alkanes) is 1. The molecule has 1 fully saturated rings. The molecule has 0 radical (unpaired) electrons. The lowest BCUT2D eigenvalue weighted by molar-refractivity contribution is 0.364. The molecule has 0 amide bonds. The van der Waals surface area contributed by atoms with Gasteiger partial charge in [-0.25, -0.2) is 8.78 Å². The van der Waals surface area contributed by atoms with Crippen LogP contribution < -0.4 is 0 Å². The Morgan fingerprint density at radius 2 is 1.89 bits per heavy atom. The molecule has 3 rings (SSSR count). The molecule has 0 bridgehead atoms. The smallest absolute Gasteiger partial charge is 0.159 e. The Bertz CT molecular complexity index is 835. The van der Waals surface area contributed by atoms with Gasteiger partial charge >= 0.3 is 0 Å². The molecule has 1 aliphatic rings. The van der Waals surface area contributed by atoms with Crippen LogP contribution in [0.2, 0.25) is 0 Å². The van der Waals surface area contributed by atoms with Gasteiger partial charge in [0.1, 0.15) is 0 Å². The summed E-state index contributed by atoms with van der Waals surface area (Å²) >= 11 is 0. The Morgan fingerprint density at radius 1 is 1.07 bits per heavy atom. The highest BCUT2D eigenvalue weighted by Crippen LogP contribution is 2.29. The van der Waals surface area contributed by atoms with E-state index in [9.17, 15) is 8.78 Å². The van der Waals surface area contributed by atoms with E-state index in [1.54, 1.807) is 12.3 Å². The number of halogens is 2. The molecule has 1 saturated carbocycles. The number of nitrogens with zero attached hydrogens (tertiary/aromatic N) is 1. The number of rotatable bonds is 4. The van der Waals surface area contributed by atoms with Crippen LogP contribution >= 0.6 is 0 Å². The molecule has 0 atom stereocenters. The van der Waals surface area contributed by atoms with E-state index in [4.69, 9.17) is 0 Å². The summed E-state index contributed by atoms with van der Waals surface area (Å²) in [5.41, 5.74) is 2.02. The molecule has 0 aliphatic heterocycles. The number of hydrogen-bond acceptors (Lipinski definition) is 1. The van der Waals surface area contributed by atoms with Crippen LogP contribution in [0.3, 0.4) is 0 Å². The van der Waals surface area contributed by atoms with Crippen LogP contribution in [-0.2, 0) is 0 Å². The van der Waals surface area contributed by atoms with Gasteiger partial charge in [-0.1, -0.05) is 37.3 Å². The van der Waals surface area contributed by atoms with Gasteiger partial charge in [0.2, 0.25) is 0 Å². The van der Waals surface area contributed by atoms with Gasteiger partial charge in [-0.2, -0.15) is 0 Å². The van der Waals surface area contributed by atoms with E-state index in [-0.39, 0.29) is 0 Å². The molecule has 0 unspecified atom stereocenters. The fourth-order valence-corrected chi connectivity index (χ4v) is 3.39. The molecule has 1 aromatic carbocycles. The van der Waals surface area contributed by atoms with Crippen molar-refractivity contribution in [2.75, 3.05) is 0 Å². The van der Waals surface area contributed by atoms with E-state index >= 15 is 0 Å². The van der Waals surface area contributed by atoms with E-state index < -0.39 is 11.6 Å². The van der Waals surface area contributed by atoms with Crippen LogP contribution in [0, 0.1) is 35.3 Å². The molecule has 2 aromatic rings. The maximum absolute atomic E-state index is 13.4. The summed E-state index contributed by atoms with van der Waals surface area (Å²) in [6.07, 6.45) is 13.5. The summed E-state index contributed by atoms with van der Waals surface area (Å²) in [5, 5.41) is 0. The van der Waals surface area contributed by atoms with Crippen LogP contribution in [0.5, 0.6) is 0 Å². The fourth-order valence-electron chi connectivity index (χ4n) is 3.39. The molecule has 1 heterocycles. The van der Waals surface area contributed by atoms with E-state index in [1.807, 2.05) is 6.07 Å². The van der Waals surface area contributed by atoms with Gasteiger partial charge in [0.25, 0.3) is 0 Å². The standard InChI is InChI=1S/C24H25F2N/c1-2-3-4-5-18-6-8-19(9-7-18)10-11-20-12-15-24(27-17-20)21-13-14-22(25)23(26)16-21/h4-5,12-19H,2-3,6-9H2,1H3/t18-,19-. The average molecular weight is 365 g/mol. The number of aromatic nitrogens is 1. The lowest BCUT2D eigenvalue weighted by Gasteiger charge is -2.23. The molecular formula is C24H25F2N. The van der Waals surface area contributed by atoms with Crippen molar-refractivity contribution >= 4 is 0 Å². The van der Waals surface area contributed by atoms with Gasteiger partial charge in [-0.05, 0) is 68.4 Å². The minimum atomic E-state index is -0.863. The molecule has 140 valence electrons. The van der Waals surface area contributed by atoms with Gasteiger partial charge in [-0.15, -0.1) is 0 Å². The molecule has 1 nitrogen and oxygen atoms in total. The summed E-state index contributed by atoms with van der Waals surface area (Å²) in [7, 11) is 0. The molecule has 1 aliphatic carbocycles. The summed E-state index contributed by atoms with van der Waals surface area (Å²) < 4.78 is 26.4. The topological polar surface area (TPSA) is 12.9 Å². The van der Waals surface area contributed by atoms with Crippen molar-refractivity contribution in [1.29, 1.82) is 0 Å². The van der Waals surface area contributed by atoms with Crippen molar-refractivity contribution in [3.63, 3.8) is 0 Å². The predicted octanol–water partition coefficient (Wildman–Crippen LogP) is 6.54. The molecule has 27 heavy (non-hydrogen) atoms. The first-order chi connectivity index (χ1) is 13.2. The zero-order chi connectivity index (χ0) is 19.1. The summed E-state index contributed by atoms with van der Waals surface area (Å²) in [5.74, 6) is 6.05. The van der Waals surface area contributed by atoms with Gasteiger partial charge in [0.05, 0.1) is 5.69 Å². The number of pyridine rings is 1. The highest BCUT2D eigenvalue weighted by molar-refractivity contribution is 5.59. The normalized spacial score (nSPS) is 19.7. The molecule has 0 saturated heterocycles. The average Bonchev–Trinajstić information content (AvgIpc) is 2.70. The quantitative estimate of drug-likeness (QED) is 0.443. The predicted molar refractivity (Wildman–Crippen MR) is 106 cm³/mol. The van der Waals surface area contributed by atoms with Crippen molar-refractivity contribution in [3.8, 4) is 23.1 Å². The lowest BCUT2D eigenvalue weighted by Crippen LogP contribution is -2.11.